The van der Waals surface area contributed by atoms with Crippen molar-refractivity contribution in [3.8, 4) is 0 Å². The fraction of sp³-hybridized carbons (Fsp3) is 0.533. The lowest BCUT2D eigenvalue weighted by Crippen LogP contribution is -2.23. The second kappa shape index (κ2) is 5.53. The zero-order valence-electron chi connectivity index (χ0n) is 11.2. The number of ether oxygens (including phenoxy) is 2. The molecular formula is C15H20O3. The molecule has 1 fully saturated rings. The van der Waals surface area contributed by atoms with E-state index in [1.807, 2.05) is 19.1 Å². The third kappa shape index (κ3) is 3.10. The van der Waals surface area contributed by atoms with E-state index >= 15 is 0 Å². The number of carbonyl (C=O) groups excluding carboxylic acids is 1. The summed E-state index contributed by atoms with van der Waals surface area (Å²) in [5.41, 5.74) is 1.73. The van der Waals surface area contributed by atoms with E-state index in [1.54, 1.807) is 12.1 Å². The van der Waals surface area contributed by atoms with Crippen LogP contribution in [0.3, 0.4) is 0 Å². The lowest BCUT2D eigenvalue weighted by molar-refractivity contribution is -0.0107. The first-order valence-corrected chi connectivity index (χ1v) is 6.45. The first kappa shape index (κ1) is 13.1. The van der Waals surface area contributed by atoms with Crippen LogP contribution in [-0.2, 0) is 9.47 Å². The predicted molar refractivity (Wildman–Crippen MR) is 69.6 cm³/mol. The van der Waals surface area contributed by atoms with Crippen molar-refractivity contribution in [2.75, 3.05) is 6.61 Å². The highest BCUT2D eigenvalue weighted by molar-refractivity contribution is 5.89. The highest BCUT2D eigenvalue weighted by atomic mass is 16.6. The summed E-state index contributed by atoms with van der Waals surface area (Å²) < 4.78 is 11.0. The Bertz CT molecular complexity index is 410. The molecule has 2 rings (SSSR count). The summed E-state index contributed by atoms with van der Waals surface area (Å²) in [5.74, 6) is 0.177. The first-order valence-electron chi connectivity index (χ1n) is 6.45. The number of hydrogen-bond donors (Lipinski definition) is 0. The van der Waals surface area contributed by atoms with Crippen LogP contribution >= 0.6 is 0 Å². The zero-order chi connectivity index (χ0) is 13.1. The molecule has 1 aliphatic rings. The maximum absolute atomic E-state index is 11.8. The van der Waals surface area contributed by atoms with Gasteiger partial charge in [-0.2, -0.15) is 0 Å². The fourth-order valence-electron chi connectivity index (χ4n) is 2.30. The third-order valence-corrected chi connectivity index (χ3v) is 3.41. The highest BCUT2D eigenvalue weighted by Gasteiger charge is 2.30. The molecule has 0 unspecified atom stereocenters. The molecule has 3 atom stereocenters. The minimum absolute atomic E-state index is 0.0365. The van der Waals surface area contributed by atoms with E-state index in [-0.39, 0.29) is 18.2 Å². The SMILES string of the molecule is Cc1ccc(C(=O)OC[C@H]2O[C@H](C)C[C@H]2C)cc1. The topological polar surface area (TPSA) is 35.5 Å². The molecule has 0 aromatic heterocycles. The van der Waals surface area contributed by atoms with Crippen LogP contribution in [0, 0.1) is 12.8 Å². The molecule has 18 heavy (non-hydrogen) atoms. The van der Waals surface area contributed by atoms with Gasteiger partial charge >= 0.3 is 5.97 Å². The summed E-state index contributed by atoms with van der Waals surface area (Å²) >= 11 is 0. The van der Waals surface area contributed by atoms with Crippen molar-refractivity contribution in [2.45, 2.75) is 39.4 Å². The molecule has 1 saturated heterocycles. The number of aryl methyl sites for hydroxylation is 1. The maximum Gasteiger partial charge on any atom is 0.338 e. The van der Waals surface area contributed by atoms with Gasteiger partial charge in [-0.15, -0.1) is 0 Å². The average Bonchev–Trinajstić information content (AvgIpc) is 2.66. The van der Waals surface area contributed by atoms with Gasteiger partial charge < -0.3 is 9.47 Å². The van der Waals surface area contributed by atoms with Gasteiger partial charge in [0.1, 0.15) is 6.61 Å². The van der Waals surface area contributed by atoms with Gasteiger partial charge in [0, 0.05) is 0 Å². The first-order chi connectivity index (χ1) is 8.56. The molecule has 0 radical (unpaired) electrons. The summed E-state index contributed by atoms with van der Waals surface area (Å²) in [5, 5.41) is 0. The van der Waals surface area contributed by atoms with Crippen molar-refractivity contribution in [1.29, 1.82) is 0 Å². The molecule has 3 heteroatoms. The summed E-state index contributed by atoms with van der Waals surface area (Å²) in [6.45, 7) is 6.52. The van der Waals surface area contributed by atoms with Crippen molar-refractivity contribution in [1.82, 2.24) is 0 Å². The Kier molecular flexibility index (Phi) is 4.02. The maximum atomic E-state index is 11.8. The van der Waals surface area contributed by atoms with Crippen molar-refractivity contribution in [2.24, 2.45) is 5.92 Å². The van der Waals surface area contributed by atoms with Crippen LogP contribution in [-0.4, -0.2) is 24.8 Å². The number of hydrogen-bond acceptors (Lipinski definition) is 3. The number of rotatable bonds is 3. The second-order valence-electron chi connectivity index (χ2n) is 5.16. The predicted octanol–water partition coefficient (Wildman–Crippen LogP) is 2.97. The molecule has 1 heterocycles. The Balaban J connectivity index is 1.87. The average molecular weight is 248 g/mol. The minimum Gasteiger partial charge on any atom is -0.459 e. The Morgan fingerprint density at radius 1 is 1.33 bits per heavy atom. The van der Waals surface area contributed by atoms with Crippen LogP contribution in [0.25, 0.3) is 0 Å². The minimum atomic E-state index is -0.273. The molecule has 0 amide bonds. The van der Waals surface area contributed by atoms with Gasteiger partial charge in [0.15, 0.2) is 0 Å². The summed E-state index contributed by atoms with van der Waals surface area (Å²) in [7, 11) is 0. The number of esters is 1. The molecular weight excluding hydrogens is 228 g/mol. The number of carbonyl (C=O) groups is 1. The van der Waals surface area contributed by atoms with E-state index in [4.69, 9.17) is 9.47 Å². The molecule has 0 spiro atoms. The van der Waals surface area contributed by atoms with Crippen LogP contribution in [0.15, 0.2) is 24.3 Å². The molecule has 0 aliphatic carbocycles. The van der Waals surface area contributed by atoms with Gasteiger partial charge in [-0.1, -0.05) is 24.6 Å². The Morgan fingerprint density at radius 3 is 2.56 bits per heavy atom. The lowest BCUT2D eigenvalue weighted by atomic mass is 10.0. The van der Waals surface area contributed by atoms with Gasteiger partial charge in [-0.3, -0.25) is 0 Å². The standard InChI is InChI=1S/C15H20O3/c1-10-4-6-13(7-5-10)15(16)17-9-14-11(2)8-12(3)18-14/h4-7,11-12,14H,8-9H2,1-3H3/t11-,12-,14-/m1/s1. The molecule has 1 aliphatic heterocycles. The Labute approximate surface area is 108 Å². The van der Waals surface area contributed by atoms with Crippen LogP contribution < -0.4 is 0 Å². The van der Waals surface area contributed by atoms with Crippen molar-refractivity contribution >= 4 is 5.97 Å². The Hall–Kier alpha value is -1.35. The third-order valence-electron chi connectivity index (χ3n) is 3.41. The van der Waals surface area contributed by atoms with Crippen LogP contribution in [0.5, 0.6) is 0 Å². The molecule has 98 valence electrons. The molecule has 0 bridgehead atoms. The van der Waals surface area contributed by atoms with E-state index in [9.17, 15) is 4.79 Å². The summed E-state index contributed by atoms with van der Waals surface area (Å²) in [6, 6.07) is 7.40. The van der Waals surface area contributed by atoms with E-state index in [0.29, 0.717) is 18.1 Å². The monoisotopic (exact) mass is 248 g/mol. The lowest BCUT2D eigenvalue weighted by Gasteiger charge is -2.15. The fourth-order valence-corrected chi connectivity index (χ4v) is 2.30. The van der Waals surface area contributed by atoms with Crippen molar-refractivity contribution in [3.63, 3.8) is 0 Å². The summed E-state index contributed by atoms with van der Waals surface area (Å²) in [4.78, 5) is 11.8. The molecule has 3 nitrogen and oxygen atoms in total. The normalized spacial score (nSPS) is 27.2. The van der Waals surface area contributed by atoms with Crippen molar-refractivity contribution < 1.29 is 14.3 Å². The number of benzene rings is 1. The molecule has 1 aromatic carbocycles. The largest absolute Gasteiger partial charge is 0.459 e. The van der Waals surface area contributed by atoms with E-state index < -0.39 is 0 Å². The van der Waals surface area contributed by atoms with Crippen LogP contribution in [0.1, 0.15) is 36.2 Å². The molecule has 1 aromatic rings. The van der Waals surface area contributed by atoms with Crippen LogP contribution in [0.4, 0.5) is 0 Å². The Morgan fingerprint density at radius 2 is 2.00 bits per heavy atom. The van der Waals surface area contributed by atoms with Gasteiger partial charge in [0.2, 0.25) is 0 Å². The smallest absolute Gasteiger partial charge is 0.338 e. The van der Waals surface area contributed by atoms with E-state index in [0.717, 1.165) is 12.0 Å². The zero-order valence-corrected chi connectivity index (χ0v) is 11.2. The van der Waals surface area contributed by atoms with Gasteiger partial charge in [-0.25, -0.2) is 4.79 Å². The van der Waals surface area contributed by atoms with Gasteiger partial charge in [0.25, 0.3) is 0 Å². The van der Waals surface area contributed by atoms with Gasteiger partial charge in [0.05, 0.1) is 17.8 Å². The highest BCUT2D eigenvalue weighted by Crippen LogP contribution is 2.26. The molecule has 0 N–H and O–H groups in total. The van der Waals surface area contributed by atoms with E-state index in [1.165, 1.54) is 0 Å². The quantitative estimate of drug-likeness (QED) is 0.771. The van der Waals surface area contributed by atoms with Crippen molar-refractivity contribution in [3.05, 3.63) is 35.4 Å². The molecule has 0 saturated carbocycles. The van der Waals surface area contributed by atoms with Gasteiger partial charge in [-0.05, 0) is 38.3 Å². The summed E-state index contributed by atoms with van der Waals surface area (Å²) in [6.07, 6.45) is 1.34. The van der Waals surface area contributed by atoms with E-state index in [2.05, 4.69) is 13.8 Å². The van der Waals surface area contributed by atoms with Crippen LogP contribution in [0.2, 0.25) is 0 Å². The second-order valence-corrected chi connectivity index (χ2v) is 5.16.